The molecule has 8 aliphatic heterocycles. The summed E-state index contributed by atoms with van der Waals surface area (Å²) in [5.41, 5.74) is 1.44. The number of thioether (sulfide) groups is 3. The summed E-state index contributed by atoms with van der Waals surface area (Å²) in [4.78, 5) is 4.60. The van der Waals surface area contributed by atoms with Crippen LogP contribution in [-0.4, -0.2) is 82.2 Å². The van der Waals surface area contributed by atoms with E-state index in [2.05, 4.69) is 41.5 Å². The molecule has 0 aromatic carbocycles. The lowest BCUT2D eigenvalue weighted by Crippen LogP contribution is -2.37. The van der Waals surface area contributed by atoms with Crippen LogP contribution in [0.3, 0.4) is 0 Å². The molecule has 55 heavy (non-hydrogen) atoms. The van der Waals surface area contributed by atoms with Crippen LogP contribution in [0.1, 0.15) is 67.2 Å². The van der Waals surface area contributed by atoms with Crippen LogP contribution < -0.4 is 28.0 Å². The van der Waals surface area contributed by atoms with E-state index in [9.17, 15) is 0 Å². The first-order valence-electron chi connectivity index (χ1n) is 19.6. The van der Waals surface area contributed by atoms with Gasteiger partial charge in [-0.1, -0.05) is 53.3 Å². The van der Waals surface area contributed by atoms with Crippen molar-refractivity contribution < 1.29 is 42.6 Å². The van der Waals surface area contributed by atoms with Gasteiger partial charge in [0.25, 0.3) is 0 Å². The largest absolute Gasteiger partial charge is 0.496 e. The summed E-state index contributed by atoms with van der Waals surface area (Å²) in [5.74, 6) is 6.16. The Morgan fingerprint density at radius 3 is 1.69 bits per heavy atom. The summed E-state index contributed by atoms with van der Waals surface area (Å²) in [7, 11) is 0. The van der Waals surface area contributed by atoms with E-state index in [0.717, 1.165) is 105 Å². The summed E-state index contributed by atoms with van der Waals surface area (Å²) < 4.78 is 62.7. The van der Waals surface area contributed by atoms with Crippen molar-refractivity contribution in [1.82, 2.24) is 0 Å². The summed E-state index contributed by atoms with van der Waals surface area (Å²) in [6, 6.07) is 0. The van der Waals surface area contributed by atoms with Gasteiger partial charge in [0.1, 0.15) is 57.6 Å². The monoisotopic (exact) mass is 844 g/mol. The van der Waals surface area contributed by atoms with Crippen LogP contribution in [0.25, 0.3) is 9.81 Å². The Morgan fingerprint density at radius 1 is 0.527 bits per heavy atom. The Balaban J connectivity index is 1.19. The summed E-state index contributed by atoms with van der Waals surface area (Å²) in [5, 5.41) is 0.420. The Kier molecular flexibility index (Phi) is 9.70. The van der Waals surface area contributed by atoms with E-state index in [4.69, 9.17) is 42.6 Å². The van der Waals surface area contributed by atoms with Crippen LogP contribution in [0.5, 0.6) is 23.0 Å². The van der Waals surface area contributed by atoms with Gasteiger partial charge in [-0.2, -0.15) is 0 Å². The first-order valence-corrected chi connectivity index (χ1v) is 23.9. The van der Waals surface area contributed by atoms with E-state index in [0.29, 0.717) is 52.9 Å². The molecule has 4 atom stereocenters. The van der Waals surface area contributed by atoms with Crippen LogP contribution >= 0.6 is 58.0 Å². The number of hydrogen-bond acceptors (Lipinski definition) is 14. The standard InChI is InChI=1S/C41H48O9S5/c1-7-40(3,4)38-21-20(10-9-11-42-21)30(54-38)31-22-23(44-13-12-43-22)32(51-31)33-24-25(46-15-14-45-24)34(52-33)35-26-27(48-17-16-47-26)36(53-35)37-28-29(50-19-18-49-28)39(55-37)41(5,6)8-2/h26-27,38-39H,7-19H2,1-6H3. The highest BCUT2D eigenvalue weighted by atomic mass is 32.2. The molecule has 2 aromatic heterocycles. The minimum atomic E-state index is -0.275. The minimum Gasteiger partial charge on any atom is -0.496 e. The highest BCUT2D eigenvalue weighted by molar-refractivity contribution is 8.13. The van der Waals surface area contributed by atoms with E-state index in [1.807, 2.05) is 23.5 Å². The zero-order chi connectivity index (χ0) is 37.6. The van der Waals surface area contributed by atoms with Crippen molar-refractivity contribution in [1.29, 1.82) is 0 Å². The van der Waals surface area contributed by atoms with Crippen LogP contribution in [0.4, 0.5) is 0 Å². The zero-order valence-corrected chi connectivity index (χ0v) is 36.3. The fourth-order valence-electron chi connectivity index (χ4n) is 8.18. The third-order valence-electron chi connectivity index (χ3n) is 12.0. The van der Waals surface area contributed by atoms with Gasteiger partial charge >= 0.3 is 0 Å². The molecule has 2 saturated heterocycles. The van der Waals surface area contributed by atoms with Crippen LogP contribution in [0.2, 0.25) is 0 Å². The molecule has 0 saturated carbocycles. The SMILES string of the molecule is CCC(C)(C)C1SC(=c2sc(=c3sc(=C4SC(=C5SC(C(C)(C)CC)C6=C5OCCO6)C5OCCOC45)c4c3OCCO4)c3c2OCCO3)C2=C1OCCC2. The fraction of sp³-hybridized carbons (Fsp3) is 0.610. The summed E-state index contributed by atoms with van der Waals surface area (Å²) in [6.07, 6.45) is 3.59. The van der Waals surface area contributed by atoms with Gasteiger partial charge in [-0.25, -0.2) is 0 Å². The van der Waals surface area contributed by atoms with Gasteiger partial charge in [-0.05, 0) is 36.5 Å². The van der Waals surface area contributed by atoms with E-state index < -0.39 is 0 Å². The molecule has 2 aromatic rings. The highest BCUT2D eigenvalue weighted by Crippen LogP contribution is 2.59. The van der Waals surface area contributed by atoms with Crippen molar-refractivity contribution in [2.45, 2.75) is 89.9 Å². The molecule has 4 unspecified atom stereocenters. The fourth-order valence-corrected chi connectivity index (χ4v) is 15.7. The van der Waals surface area contributed by atoms with Crippen molar-refractivity contribution >= 4 is 67.8 Å². The maximum Gasteiger partial charge on any atom is 0.181 e. The molecule has 10 heterocycles. The highest BCUT2D eigenvalue weighted by Gasteiger charge is 2.50. The second-order valence-corrected chi connectivity index (χ2v) is 21.5. The molecule has 2 fully saturated rings. The first kappa shape index (κ1) is 37.2. The van der Waals surface area contributed by atoms with E-state index in [-0.39, 0.29) is 33.5 Å². The predicted molar refractivity (Wildman–Crippen MR) is 220 cm³/mol. The van der Waals surface area contributed by atoms with Gasteiger partial charge in [0, 0.05) is 20.3 Å². The number of rotatable bonds is 4. The predicted octanol–water partition coefficient (Wildman–Crippen LogP) is 8.02. The van der Waals surface area contributed by atoms with Crippen molar-refractivity contribution in [3.63, 3.8) is 0 Å². The smallest absolute Gasteiger partial charge is 0.181 e. The van der Waals surface area contributed by atoms with Crippen LogP contribution in [-0.2, 0) is 23.7 Å². The molecule has 0 spiro atoms. The van der Waals surface area contributed by atoms with E-state index in [1.54, 1.807) is 34.4 Å². The van der Waals surface area contributed by atoms with Gasteiger partial charge in [0.15, 0.2) is 34.5 Å². The van der Waals surface area contributed by atoms with Crippen LogP contribution in [0, 0.1) is 19.9 Å². The normalized spacial score (nSPS) is 31.5. The van der Waals surface area contributed by atoms with Crippen molar-refractivity contribution in [2.24, 2.45) is 10.8 Å². The average molecular weight is 845 g/mol. The molecule has 10 rings (SSSR count). The molecule has 9 nitrogen and oxygen atoms in total. The Labute approximate surface area is 342 Å². The molecular weight excluding hydrogens is 797 g/mol. The molecule has 0 radical (unpaired) electrons. The second kappa shape index (κ2) is 14.3. The third kappa shape index (κ3) is 6.00. The number of fused-ring (bicyclic) bond motifs is 3. The molecule has 0 aliphatic carbocycles. The molecular formula is C41H48O9S5. The number of ether oxygens (including phenoxy) is 9. The van der Waals surface area contributed by atoms with Crippen LogP contribution in [0.15, 0.2) is 32.7 Å². The lowest BCUT2D eigenvalue weighted by Gasteiger charge is -2.32. The number of thiophene rings is 2. The topological polar surface area (TPSA) is 83.1 Å². The van der Waals surface area contributed by atoms with E-state index >= 15 is 0 Å². The van der Waals surface area contributed by atoms with Gasteiger partial charge in [-0.15, -0.1) is 46.2 Å². The Morgan fingerprint density at radius 2 is 1.04 bits per heavy atom. The molecule has 0 N–H and O–H groups in total. The van der Waals surface area contributed by atoms with Gasteiger partial charge in [0.2, 0.25) is 0 Å². The summed E-state index contributed by atoms with van der Waals surface area (Å²) in [6.45, 7) is 18.8. The Hall–Kier alpha value is -2.07. The molecule has 0 bridgehead atoms. The molecule has 8 aliphatic rings. The second-order valence-electron chi connectivity index (χ2n) is 16.2. The van der Waals surface area contributed by atoms with Gasteiger partial charge in [0.05, 0.1) is 53.4 Å². The Bertz CT molecular complexity index is 2250. The summed E-state index contributed by atoms with van der Waals surface area (Å²) >= 11 is 8.99. The lowest BCUT2D eigenvalue weighted by atomic mass is 9.83. The van der Waals surface area contributed by atoms with Crippen molar-refractivity contribution in [3.05, 3.63) is 50.8 Å². The average Bonchev–Trinajstić information content (AvgIpc) is 4.04. The van der Waals surface area contributed by atoms with Crippen molar-refractivity contribution in [3.8, 4) is 23.0 Å². The lowest BCUT2D eigenvalue weighted by molar-refractivity contribution is -0.0949. The third-order valence-corrected chi connectivity index (χ3v) is 19.7. The minimum absolute atomic E-state index is 0.0231. The molecule has 296 valence electrons. The van der Waals surface area contributed by atoms with Crippen molar-refractivity contribution in [2.75, 3.05) is 59.5 Å². The maximum atomic E-state index is 6.61. The molecule has 14 heteroatoms. The first-order chi connectivity index (χ1) is 26.7. The zero-order valence-electron chi connectivity index (χ0n) is 32.2. The quantitative estimate of drug-likeness (QED) is 0.299. The maximum absolute atomic E-state index is 6.61. The van der Waals surface area contributed by atoms with E-state index in [1.165, 1.54) is 10.5 Å². The molecule has 0 amide bonds. The van der Waals surface area contributed by atoms with Gasteiger partial charge < -0.3 is 42.6 Å². The van der Waals surface area contributed by atoms with Gasteiger partial charge in [-0.3, -0.25) is 0 Å². The number of hydrogen-bond donors (Lipinski definition) is 0.